The number of rotatable bonds is 6. The molecule has 0 unspecified atom stereocenters. The Morgan fingerprint density at radius 3 is 2.27 bits per heavy atom. The lowest BCUT2D eigenvalue weighted by Crippen LogP contribution is -2.47. The fourth-order valence-electron chi connectivity index (χ4n) is 3.16. The number of carbonyl (C=O) groups is 1. The van der Waals surface area contributed by atoms with Gasteiger partial charge in [0.05, 0.1) is 0 Å². The van der Waals surface area contributed by atoms with Gasteiger partial charge in [0.1, 0.15) is 11.6 Å². The van der Waals surface area contributed by atoms with E-state index in [0.717, 1.165) is 57.3 Å². The fraction of sp³-hybridized carbons (Fsp3) is 0.350. The number of benzene rings is 2. The third kappa shape index (κ3) is 5.02. The molecule has 4 nitrogen and oxygen atoms in total. The van der Waals surface area contributed by atoms with Gasteiger partial charge in [-0.15, -0.1) is 0 Å². The third-order valence-electron chi connectivity index (χ3n) is 4.56. The Balaban J connectivity index is 1.36. The molecule has 0 spiro atoms. The van der Waals surface area contributed by atoms with Crippen LogP contribution in [-0.4, -0.2) is 50.1 Å². The number of halogens is 2. The van der Waals surface area contributed by atoms with Gasteiger partial charge in [0, 0.05) is 50.0 Å². The van der Waals surface area contributed by atoms with Crippen molar-refractivity contribution >= 4 is 11.6 Å². The number of carbonyl (C=O) groups excluding carboxylic acids is 1. The highest BCUT2D eigenvalue weighted by Crippen LogP contribution is 2.15. The van der Waals surface area contributed by atoms with Crippen LogP contribution in [0.3, 0.4) is 0 Å². The van der Waals surface area contributed by atoms with E-state index in [9.17, 15) is 13.6 Å². The highest BCUT2D eigenvalue weighted by molar-refractivity contribution is 5.94. The van der Waals surface area contributed by atoms with E-state index in [1.807, 2.05) is 6.07 Å². The van der Waals surface area contributed by atoms with Crippen LogP contribution >= 0.6 is 0 Å². The lowest BCUT2D eigenvalue weighted by Gasteiger charge is -2.36. The summed E-state index contributed by atoms with van der Waals surface area (Å²) in [6.07, 6.45) is 0.800. The quantitative estimate of drug-likeness (QED) is 0.806. The Morgan fingerprint density at radius 1 is 0.962 bits per heavy atom. The first kappa shape index (κ1) is 18.3. The zero-order valence-electron chi connectivity index (χ0n) is 14.6. The molecule has 2 aromatic rings. The monoisotopic (exact) mass is 359 g/mol. The number of piperazine rings is 1. The molecule has 138 valence electrons. The number of anilines is 1. The molecule has 1 aliphatic heterocycles. The number of nitrogens with one attached hydrogen (secondary N) is 1. The number of amides is 1. The molecule has 0 radical (unpaired) electrons. The minimum atomic E-state index is -0.744. The molecule has 1 fully saturated rings. The van der Waals surface area contributed by atoms with E-state index in [0.29, 0.717) is 6.54 Å². The maximum atomic E-state index is 13.1. The first-order valence-corrected chi connectivity index (χ1v) is 8.88. The van der Waals surface area contributed by atoms with Crippen LogP contribution in [0.15, 0.2) is 48.5 Å². The average Bonchev–Trinajstić information content (AvgIpc) is 2.65. The molecule has 0 saturated carbocycles. The average molecular weight is 359 g/mol. The van der Waals surface area contributed by atoms with E-state index in [1.165, 1.54) is 5.69 Å². The SMILES string of the molecule is O=C(NCCCN1CCN(c2ccccc2)CC1)c1cc(F)cc(F)c1. The van der Waals surface area contributed by atoms with Crippen LogP contribution < -0.4 is 10.2 Å². The van der Waals surface area contributed by atoms with Crippen molar-refractivity contribution in [3.63, 3.8) is 0 Å². The molecule has 0 aromatic heterocycles. The predicted octanol–water partition coefficient (Wildman–Crippen LogP) is 2.91. The van der Waals surface area contributed by atoms with Crippen LogP contribution in [0.2, 0.25) is 0 Å². The van der Waals surface area contributed by atoms with Gasteiger partial charge in [0.2, 0.25) is 0 Å². The van der Waals surface area contributed by atoms with E-state index in [-0.39, 0.29) is 5.56 Å². The molecule has 6 heteroatoms. The predicted molar refractivity (Wildman–Crippen MR) is 98.4 cm³/mol. The highest BCUT2D eigenvalue weighted by Gasteiger charge is 2.16. The summed E-state index contributed by atoms with van der Waals surface area (Å²) in [6.45, 7) is 5.31. The van der Waals surface area contributed by atoms with Gasteiger partial charge in [0.15, 0.2) is 0 Å². The first-order chi connectivity index (χ1) is 12.6. The second-order valence-corrected chi connectivity index (χ2v) is 6.43. The van der Waals surface area contributed by atoms with Gasteiger partial charge in [0.25, 0.3) is 5.91 Å². The normalized spacial score (nSPS) is 15.1. The first-order valence-electron chi connectivity index (χ1n) is 8.88. The van der Waals surface area contributed by atoms with Crippen LogP contribution in [0.5, 0.6) is 0 Å². The summed E-state index contributed by atoms with van der Waals surface area (Å²) < 4.78 is 26.3. The molecule has 0 bridgehead atoms. The summed E-state index contributed by atoms with van der Waals surface area (Å²) in [5.74, 6) is -1.94. The summed E-state index contributed by atoms with van der Waals surface area (Å²) in [4.78, 5) is 16.7. The van der Waals surface area contributed by atoms with Crippen molar-refractivity contribution in [1.82, 2.24) is 10.2 Å². The van der Waals surface area contributed by atoms with Crippen LogP contribution in [0.1, 0.15) is 16.8 Å². The summed E-state index contributed by atoms with van der Waals surface area (Å²) in [5, 5.41) is 2.72. The highest BCUT2D eigenvalue weighted by atomic mass is 19.1. The molecule has 3 rings (SSSR count). The lowest BCUT2D eigenvalue weighted by molar-refractivity contribution is 0.0950. The molecule has 1 N–H and O–H groups in total. The van der Waals surface area contributed by atoms with Crippen molar-refractivity contribution in [3.05, 3.63) is 65.7 Å². The molecule has 2 aromatic carbocycles. The molecular formula is C20H23F2N3O. The second kappa shape index (κ2) is 8.76. The maximum absolute atomic E-state index is 13.1. The largest absolute Gasteiger partial charge is 0.369 e. The molecule has 0 atom stereocenters. The van der Waals surface area contributed by atoms with Crippen molar-refractivity contribution in [2.45, 2.75) is 6.42 Å². The van der Waals surface area contributed by atoms with E-state index in [4.69, 9.17) is 0 Å². The van der Waals surface area contributed by atoms with E-state index in [2.05, 4.69) is 39.4 Å². The van der Waals surface area contributed by atoms with E-state index < -0.39 is 17.5 Å². The number of hydrogen-bond donors (Lipinski definition) is 1. The van der Waals surface area contributed by atoms with Crippen molar-refractivity contribution in [2.24, 2.45) is 0 Å². The summed E-state index contributed by atoms with van der Waals surface area (Å²) in [5.41, 5.74) is 1.26. The number of para-hydroxylation sites is 1. The number of nitrogens with zero attached hydrogens (tertiary/aromatic N) is 2. The molecular weight excluding hydrogens is 336 g/mol. The van der Waals surface area contributed by atoms with Gasteiger partial charge in [-0.1, -0.05) is 18.2 Å². The molecule has 0 aliphatic carbocycles. The smallest absolute Gasteiger partial charge is 0.251 e. The van der Waals surface area contributed by atoms with Crippen molar-refractivity contribution in [1.29, 1.82) is 0 Å². The van der Waals surface area contributed by atoms with Gasteiger partial charge in [-0.25, -0.2) is 8.78 Å². The Morgan fingerprint density at radius 2 is 1.62 bits per heavy atom. The Labute approximate surface area is 152 Å². The molecule has 1 heterocycles. The van der Waals surface area contributed by atoms with Gasteiger partial charge in [-0.05, 0) is 37.2 Å². The van der Waals surface area contributed by atoms with Gasteiger partial charge >= 0.3 is 0 Å². The second-order valence-electron chi connectivity index (χ2n) is 6.43. The van der Waals surface area contributed by atoms with Crippen LogP contribution in [0.25, 0.3) is 0 Å². The molecule has 1 saturated heterocycles. The third-order valence-corrected chi connectivity index (χ3v) is 4.56. The van der Waals surface area contributed by atoms with Crippen molar-refractivity contribution < 1.29 is 13.6 Å². The zero-order chi connectivity index (χ0) is 18.4. The summed E-state index contributed by atoms with van der Waals surface area (Å²) >= 11 is 0. The summed E-state index contributed by atoms with van der Waals surface area (Å²) in [6, 6.07) is 13.2. The topological polar surface area (TPSA) is 35.6 Å². The van der Waals surface area contributed by atoms with E-state index >= 15 is 0 Å². The molecule has 1 aliphatic rings. The molecule has 26 heavy (non-hydrogen) atoms. The van der Waals surface area contributed by atoms with E-state index in [1.54, 1.807) is 0 Å². The van der Waals surface area contributed by atoms with Gasteiger partial charge < -0.3 is 10.2 Å². The lowest BCUT2D eigenvalue weighted by atomic mass is 10.2. The summed E-state index contributed by atoms with van der Waals surface area (Å²) in [7, 11) is 0. The number of hydrogen-bond acceptors (Lipinski definition) is 3. The van der Waals surface area contributed by atoms with Crippen LogP contribution in [-0.2, 0) is 0 Å². The Hall–Kier alpha value is -2.47. The van der Waals surface area contributed by atoms with Crippen LogP contribution in [0.4, 0.5) is 14.5 Å². The van der Waals surface area contributed by atoms with Crippen molar-refractivity contribution in [3.8, 4) is 0 Å². The molecule has 1 amide bonds. The maximum Gasteiger partial charge on any atom is 0.251 e. The Bertz CT molecular complexity index is 711. The minimum absolute atomic E-state index is 0.0129. The standard InChI is InChI=1S/C20H23F2N3O/c21-17-13-16(14-18(22)15-17)20(26)23-7-4-8-24-9-11-25(12-10-24)19-5-2-1-3-6-19/h1-3,5-6,13-15H,4,7-12H2,(H,23,26). The Kier molecular flexibility index (Phi) is 6.17. The van der Waals surface area contributed by atoms with Crippen molar-refractivity contribution in [2.75, 3.05) is 44.2 Å². The zero-order valence-corrected chi connectivity index (χ0v) is 14.6. The van der Waals surface area contributed by atoms with Crippen LogP contribution in [0, 0.1) is 11.6 Å². The van der Waals surface area contributed by atoms with Gasteiger partial charge in [-0.3, -0.25) is 9.69 Å². The fourth-order valence-corrected chi connectivity index (χ4v) is 3.16. The van der Waals surface area contributed by atoms with Gasteiger partial charge in [-0.2, -0.15) is 0 Å². The minimum Gasteiger partial charge on any atom is -0.369 e.